The average molecular weight is 250 g/mol. The van der Waals surface area contributed by atoms with Crippen LogP contribution in [-0.4, -0.2) is 16.7 Å². The van der Waals surface area contributed by atoms with E-state index in [1.165, 1.54) is 31.2 Å². The van der Waals surface area contributed by atoms with Crippen molar-refractivity contribution in [2.24, 2.45) is 5.73 Å². The molecule has 1 fully saturated rings. The predicted octanol–water partition coefficient (Wildman–Crippen LogP) is 2.99. The van der Waals surface area contributed by atoms with Crippen LogP contribution < -0.4 is 5.73 Å². The Labute approximate surface area is 105 Å². The summed E-state index contributed by atoms with van der Waals surface area (Å²) in [6.45, 7) is 0.716. The summed E-state index contributed by atoms with van der Waals surface area (Å²) < 4.78 is 0. The zero-order valence-electron chi connectivity index (χ0n) is 9.67. The summed E-state index contributed by atoms with van der Waals surface area (Å²) in [4.78, 5) is 0. The molecular formula is C13H16ClN3. The molecule has 3 N–H and O–H groups in total. The number of benzene rings is 1. The summed E-state index contributed by atoms with van der Waals surface area (Å²) in [7, 11) is 0. The molecular weight excluding hydrogens is 234 g/mol. The Hall–Kier alpha value is -1.06. The fourth-order valence-electron chi connectivity index (χ4n) is 2.97. The molecule has 3 nitrogen and oxygen atoms in total. The summed E-state index contributed by atoms with van der Waals surface area (Å²) in [6, 6.07) is 6.33. The molecule has 0 spiro atoms. The minimum Gasteiger partial charge on any atom is -0.330 e. The van der Waals surface area contributed by atoms with Gasteiger partial charge in [0.1, 0.15) is 5.15 Å². The van der Waals surface area contributed by atoms with Gasteiger partial charge in [0.15, 0.2) is 0 Å². The van der Waals surface area contributed by atoms with Crippen LogP contribution in [0.5, 0.6) is 0 Å². The van der Waals surface area contributed by atoms with Crippen molar-refractivity contribution in [1.29, 1.82) is 0 Å². The van der Waals surface area contributed by atoms with Gasteiger partial charge >= 0.3 is 0 Å². The molecule has 1 aliphatic rings. The van der Waals surface area contributed by atoms with E-state index >= 15 is 0 Å². The minimum atomic E-state index is 0.161. The van der Waals surface area contributed by atoms with Gasteiger partial charge in [-0.3, -0.25) is 5.10 Å². The second-order valence-corrected chi connectivity index (χ2v) is 5.34. The molecule has 2 aromatic rings. The molecule has 3 rings (SSSR count). The molecule has 17 heavy (non-hydrogen) atoms. The van der Waals surface area contributed by atoms with Crippen LogP contribution in [-0.2, 0) is 5.41 Å². The van der Waals surface area contributed by atoms with Crippen LogP contribution in [0.15, 0.2) is 18.2 Å². The molecule has 1 aliphatic carbocycles. The normalized spacial score (nSPS) is 18.9. The Morgan fingerprint density at radius 1 is 1.35 bits per heavy atom. The van der Waals surface area contributed by atoms with Crippen molar-refractivity contribution in [1.82, 2.24) is 10.2 Å². The first kappa shape index (κ1) is 11.1. The molecule has 0 radical (unpaired) electrons. The Kier molecular flexibility index (Phi) is 2.60. The van der Waals surface area contributed by atoms with E-state index in [9.17, 15) is 0 Å². The lowest BCUT2D eigenvalue weighted by Crippen LogP contribution is -2.31. The molecule has 1 heterocycles. The third-order valence-electron chi connectivity index (χ3n) is 4.07. The molecule has 0 saturated heterocycles. The van der Waals surface area contributed by atoms with Crippen LogP contribution >= 0.6 is 11.6 Å². The maximum atomic E-state index is 6.09. The van der Waals surface area contributed by atoms with Crippen molar-refractivity contribution in [3.63, 3.8) is 0 Å². The molecule has 0 atom stereocenters. The zero-order valence-corrected chi connectivity index (χ0v) is 10.4. The van der Waals surface area contributed by atoms with Gasteiger partial charge in [-0.1, -0.05) is 30.5 Å². The van der Waals surface area contributed by atoms with Gasteiger partial charge in [-0.05, 0) is 30.5 Å². The van der Waals surface area contributed by atoms with Gasteiger partial charge in [-0.15, -0.1) is 0 Å². The Morgan fingerprint density at radius 3 is 2.82 bits per heavy atom. The van der Waals surface area contributed by atoms with Crippen molar-refractivity contribution < 1.29 is 0 Å². The van der Waals surface area contributed by atoms with Crippen molar-refractivity contribution >= 4 is 22.5 Å². The number of hydrogen-bond donors (Lipinski definition) is 2. The molecule has 0 aliphatic heterocycles. The van der Waals surface area contributed by atoms with Crippen molar-refractivity contribution in [2.45, 2.75) is 31.1 Å². The number of nitrogens with two attached hydrogens (primary N) is 1. The number of fused-ring (bicyclic) bond motifs is 1. The second kappa shape index (κ2) is 4.00. The largest absolute Gasteiger partial charge is 0.330 e. The Morgan fingerprint density at radius 2 is 2.12 bits per heavy atom. The fraction of sp³-hybridized carbons (Fsp3) is 0.462. The van der Waals surface area contributed by atoms with E-state index < -0.39 is 0 Å². The number of rotatable bonds is 2. The number of H-pyrrole nitrogens is 1. The second-order valence-electron chi connectivity index (χ2n) is 4.96. The van der Waals surface area contributed by atoms with Crippen LogP contribution in [0, 0.1) is 0 Å². The highest BCUT2D eigenvalue weighted by Crippen LogP contribution is 2.41. The lowest BCUT2D eigenvalue weighted by atomic mass is 9.79. The molecule has 1 aromatic carbocycles. The number of hydrogen-bond acceptors (Lipinski definition) is 2. The molecule has 0 amide bonds. The average Bonchev–Trinajstić information content (AvgIpc) is 2.97. The SMILES string of the molecule is NCC1(c2ccc3n[nH]c(Cl)c3c2)CCCC1. The number of nitrogens with zero attached hydrogens (tertiary/aromatic N) is 1. The van der Waals surface area contributed by atoms with Crippen LogP contribution in [0.3, 0.4) is 0 Å². The summed E-state index contributed by atoms with van der Waals surface area (Å²) in [5, 5.41) is 8.58. The van der Waals surface area contributed by atoms with Crippen LogP contribution in [0.4, 0.5) is 0 Å². The van der Waals surface area contributed by atoms with Gasteiger partial charge in [0.05, 0.1) is 5.52 Å². The predicted molar refractivity (Wildman–Crippen MR) is 70.3 cm³/mol. The van der Waals surface area contributed by atoms with E-state index in [-0.39, 0.29) is 5.41 Å². The maximum Gasteiger partial charge on any atom is 0.132 e. The highest BCUT2D eigenvalue weighted by atomic mass is 35.5. The van der Waals surface area contributed by atoms with Gasteiger partial charge in [-0.25, -0.2) is 0 Å². The summed E-state index contributed by atoms with van der Waals surface area (Å²) in [5.41, 5.74) is 8.40. The van der Waals surface area contributed by atoms with E-state index in [1.807, 2.05) is 6.07 Å². The molecule has 1 aromatic heterocycles. The third kappa shape index (κ3) is 1.65. The first-order valence-electron chi connectivity index (χ1n) is 6.09. The number of nitrogens with one attached hydrogen (secondary N) is 1. The van der Waals surface area contributed by atoms with Crippen molar-refractivity contribution in [3.8, 4) is 0 Å². The van der Waals surface area contributed by atoms with Crippen LogP contribution in [0.2, 0.25) is 5.15 Å². The number of aromatic nitrogens is 2. The van der Waals surface area contributed by atoms with E-state index in [4.69, 9.17) is 17.3 Å². The van der Waals surface area contributed by atoms with Crippen molar-refractivity contribution in [3.05, 3.63) is 28.9 Å². The monoisotopic (exact) mass is 249 g/mol. The standard InChI is InChI=1S/C13H16ClN3/c14-12-10-7-9(3-4-11(10)16-17-12)13(8-15)5-1-2-6-13/h3-4,7H,1-2,5-6,8,15H2,(H,16,17). The smallest absolute Gasteiger partial charge is 0.132 e. The lowest BCUT2D eigenvalue weighted by molar-refractivity contribution is 0.453. The molecule has 1 saturated carbocycles. The van der Waals surface area contributed by atoms with Crippen molar-refractivity contribution in [2.75, 3.05) is 6.54 Å². The zero-order chi connectivity index (χ0) is 11.9. The Bertz CT molecular complexity index is 541. The van der Waals surface area contributed by atoms with Crippen LogP contribution in [0.25, 0.3) is 10.9 Å². The van der Waals surface area contributed by atoms with Gasteiger partial charge in [0.25, 0.3) is 0 Å². The third-order valence-corrected chi connectivity index (χ3v) is 4.36. The van der Waals surface area contributed by atoms with E-state index in [2.05, 4.69) is 22.3 Å². The van der Waals surface area contributed by atoms with Gasteiger partial charge in [0, 0.05) is 17.3 Å². The van der Waals surface area contributed by atoms with Gasteiger partial charge < -0.3 is 5.73 Å². The van der Waals surface area contributed by atoms with E-state index in [0.29, 0.717) is 11.7 Å². The van der Waals surface area contributed by atoms with Gasteiger partial charge in [0.2, 0.25) is 0 Å². The topological polar surface area (TPSA) is 54.7 Å². The summed E-state index contributed by atoms with van der Waals surface area (Å²) >= 11 is 6.09. The summed E-state index contributed by atoms with van der Waals surface area (Å²) in [6.07, 6.45) is 4.91. The van der Waals surface area contributed by atoms with E-state index in [0.717, 1.165) is 10.9 Å². The Balaban J connectivity index is 2.13. The molecule has 90 valence electrons. The molecule has 0 unspecified atom stereocenters. The van der Waals surface area contributed by atoms with Gasteiger partial charge in [-0.2, -0.15) is 5.10 Å². The van der Waals surface area contributed by atoms with Crippen LogP contribution in [0.1, 0.15) is 31.2 Å². The van der Waals surface area contributed by atoms with E-state index in [1.54, 1.807) is 0 Å². The highest BCUT2D eigenvalue weighted by Gasteiger charge is 2.34. The number of aromatic amines is 1. The lowest BCUT2D eigenvalue weighted by Gasteiger charge is -2.27. The first-order valence-corrected chi connectivity index (χ1v) is 6.47. The molecule has 0 bridgehead atoms. The quantitative estimate of drug-likeness (QED) is 0.860. The summed E-state index contributed by atoms with van der Waals surface area (Å²) in [5.74, 6) is 0. The first-order chi connectivity index (χ1) is 8.25. The fourth-order valence-corrected chi connectivity index (χ4v) is 3.16. The maximum absolute atomic E-state index is 6.09. The highest BCUT2D eigenvalue weighted by molar-refractivity contribution is 6.34. The minimum absolute atomic E-state index is 0.161. The number of halogens is 1. The molecule has 4 heteroatoms.